The number of piperidine rings is 1. The smallest absolute Gasteiger partial charge is 0.191 e. The van der Waals surface area contributed by atoms with E-state index in [1.165, 1.54) is 29.9 Å². The van der Waals surface area contributed by atoms with E-state index in [0.717, 1.165) is 19.6 Å². The highest BCUT2D eigenvalue weighted by Crippen LogP contribution is 2.36. The number of aliphatic imine (C=N–C) groups is 1. The predicted molar refractivity (Wildman–Crippen MR) is 118 cm³/mol. The van der Waals surface area contributed by atoms with Crippen LogP contribution in [0.3, 0.4) is 0 Å². The van der Waals surface area contributed by atoms with E-state index in [4.69, 9.17) is 0 Å². The van der Waals surface area contributed by atoms with Crippen LogP contribution >= 0.6 is 11.3 Å². The molecular weight excluding hydrogens is 387 g/mol. The second-order valence-corrected chi connectivity index (χ2v) is 8.49. The molecule has 3 unspecified atom stereocenters. The van der Waals surface area contributed by atoms with Crippen LogP contribution in [0.2, 0.25) is 0 Å². The molecule has 158 valence electrons. The third-order valence-electron chi connectivity index (χ3n) is 5.39. The monoisotopic (exact) mass is 418 g/mol. The van der Waals surface area contributed by atoms with E-state index >= 15 is 0 Å². The lowest BCUT2D eigenvalue weighted by atomic mass is 9.88. The number of hydrogen-bond acceptors (Lipinski definition) is 4. The van der Waals surface area contributed by atoms with Crippen molar-refractivity contribution in [1.82, 2.24) is 15.5 Å². The first-order valence-electron chi connectivity index (χ1n) is 10.3. The second-order valence-electron chi connectivity index (χ2n) is 7.51. The maximum atomic E-state index is 13.1. The molecule has 7 heteroatoms. The highest BCUT2D eigenvalue weighted by molar-refractivity contribution is 7.10. The van der Waals surface area contributed by atoms with Crippen molar-refractivity contribution in [2.24, 2.45) is 10.9 Å². The van der Waals surface area contributed by atoms with Crippen molar-refractivity contribution < 1.29 is 9.50 Å². The number of thiophene rings is 1. The molecule has 5 nitrogen and oxygen atoms in total. The highest BCUT2D eigenvalue weighted by Gasteiger charge is 2.31. The molecule has 1 aromatic carbocycles. The summed E-state index contributed by atoms with van der Waals surface area (Å²) in [4.78, 5) is 8.40. The number of nitrogens with one attached hydrogen (secondary N) is 2. The molecule has 0 amide bonds. The third-order valence-corrected chi connectivity index (χ3v) is 6.34. The Morgan fingerprint density at radius 2 is 2.10 bits per heavy atom. The lowest BCUT2D eigenvalue weighted by Gasteiger charge is -2.39. The number of benzene rings is 1. The van der Waals surface area contributed by atoms with Gasteiger partial charge in [0.05, 0.1) is 12.6 Å². The SMILES string of the molecule is CCNC(=NCC(O)c1ccc(F)cc1)NCC1CCCN(C)C1c1cccs1. The van der Waals surface area contributed by atoms with E-state index in [2.05, 4.69) is 45.1 Å². The van der Waals surface area contributed by atoms with Crippen molar-refractivity contribution in [1.29, 1.82) is 0 Å². The Morgan fingerprint density at radius 3 is 2.79 bits per heavy atom. The van der Waals surface area contributed by atoms with E-state index in [0.29, 0.717) is 23.5 Å². The minimum Gasteiger partial charge on any atom is -0.386 e. The fourth-order valence-electron chi connectivity index (χ4n) is 3.92. The summed E-state index contributed by atoms with van der Waals surface area (Å²) in [6.45, 7) is 4.94. The normalized spacial score (nSPS) is 21.7. The van der Waals surface area contributed by atoms with Crippen LogP contribution in [0, 0.1) is 11.7 Å². The van der Waals surface area contributed by atoms with Gasteiger partial charge in [0.25, 0.3) is 0 Å². The van der Waals surface area contributed by atoms with Gasteiger partial charge in [0.1, 0.15) is 5.82 Å². The number of hydrogen-bond donors (Lipinski definition) is 3. The van der Waals surface area contributed by atoms with Gasteiger partial charge in [-0.05, 0) is 68.4 Å². The standard InChI is InChI=1S/C22H31FN4OS/c1-3-24-22(26-15-19(28)16-8-10-18(23)11-9-16)25-14-17-6-4-12-27(2)21(17)20-7-5-13-29-20/h5,7-11,13,17,19,21,28H,3-4,6,12,14-15H2,1-2H3,(H2,24,25,26). The molecule has 1 aliphatic heterocycles. The van der Waals surface area contributed by atoms with Crippen molar-refractivity contribution >= 4 is 17.3 Å². The summed E-state index contributed by atoms with van der Waals surface area (Å²) in [5, 5.41) is 19.2. The highest BCUT2D eigenvalue weighted by atomic mass is 32.1. The van der Waals surface area contributed by atoms with Gasteiger partial charge in [-0.2, -0.15) is 0 Å². The Balaban J connectivity index is 1.61. The molecule has 0 saturated carbocycles. The van der Waals surface area contributed by atoms with Crippen LogP contribution in [0.5, 0.6) is 0 Å². The molecule has 3 N–H and O–H groups in total. The quantitative estimate of drug-likeness (QED) is 0.475. The minimum absolute atomic E-state index is 0.222. The number of aliphatic hydroxyl groups excluding tert-OH is 1. The van der Waals surface area contributed by atoms with E-state index in [1.54, 1.807) is 12.1 Å². The zero-order valence-electron chi connectivity index (χ0n) is 17.1. The van der Waals surface area contributed by atoms with Crippen molar-refractivity contribution in [3.05, 3.63) is 58.0 Å². The van der Waals surface area contributed by atoms with E-state index in [9.17, 15) is 9.50 Å². The van der Waals surface area contributed by atoms with Gasteiger partial charge in [0.15, 0.2) is 5.96 Å². The third kappa shape index (κ3) is 6.01. The average Bonchev–Trinajstić information content (AvgIpc) is 3.24. The van der Waals surface area contributed by atoms with Crippen LogP contribution in [0.4, 0.5) is 4.39 Å². The first kappa shape index (κ1) is 21.7. The molecule has 0 bridgehead atoms. The summed E-state index contributed by atoms with van der Waals surface area (Å²) in [5.41, 5.74) is 0.665. The molecule has 0 spiro atoms. The minimum atomic E-state index is -0.759. The van der Waals surface area contributed by atoms with Gasteiger partial charge < -0.3 is 15.7 Å². The second kappa shape index (κ2) is 10.7. The topological polar surface area (TPSA) is 59.9 Å². The summed E-state index contributed by atoms with van der Waals surface area (Å²) in [7, 11) is 2.20. The van der Waals surface area contributed by atoms with Gasteiger partial charge in [-0.25, -0.2) is 4.39 Å². The van der Waals surface area contributed by atoms with E-state index < -0.39 is 6.10 Å². The Morgan fingerprint density at radius 1 is 1.31 bits per heavy atom. The van der Waals surface area contributed by atoms with Gasteiger partial charge in [-0.1, -0.05) is 18.2 Å². The molecule has 1 saturated heterocycles. The maximum absolute atomic E-state index is 13.1. The van der Waals surface area contributed by atoms with E-state index in [-0.39, 0.29) is 12.4 Å². The summed E-state index contributed by atoms with van der Waals surface area (Å²) in [6, 6.07) is 10.7. The Labute approximate surface area is 176 Å². The maximum Gasteiger partial charge on any atom is 0.191 e. The summed E-state index contributed by atoms with van der Waals surface area (Å²) < 4.78 is 13.1. The number of halogens is 1. The fourth-order valence-corrected chi connectivity index (χ4v) is 4.90. The molecule has 29 heavy (non-hydrogen) atoms. The molecule has 0 radical (unpaired) electrons. The zero-order valence-corrected chi connectivity index (χ0v) is 18.0. The Bertz CT molecular complexity index is 766. The van der Waals surface area contributed by atoms with Crippen molar-refractivity contribution in [2.45, 2.75) is 31.9 Å². The largest absolute Gasteiger partial charge is 0.386 e. The lowest BCUT2D eigenvalue weighted by Crippen LogP contribution is -2.45. The van der Waals surface area contributed by atoms with Crippen LogP contribution in [0.25, 0.3) is 0 Å². The number of likely N-dealkylation sites (tertiary alicyclic amines) is 1. The average molecular weight is 419 g/mol. The van der Waals surface area contributed by atoms with Crippen LogP contribution in [-0.2, 0) is 0 Å². The molecule has 1 aromatic heterocycles. The van der Waals surface area contributed by atoms with Crippen LogP contribution in [0.1, 0.15) is 42.4 Å². The van der Waals surface area contributed by atoms with Crippen LogP contribution in [-0.4, -0.2) is 49.2 Å². The van der Waals surface area contributed by atoms with Crippen LogP contribution < -0.4 is 10.6 Å². The predicted octanol–water partition coefficient (Wildman–Crippen LogP) is 3.56. The number of rotatable bonds is 7. The molecule has 1 fully saturated rings. The summed E-state index contributed by atoms with van der Waals surface area (Å²) in [6.07, 6.45) is 1.62. The number of guanidine groups is 1. The van der Waals surface area contributed by atoms with Gasteiger partial charge in [0.2, 0.25) is 0 Å². The van der Waals surface area contributed by atoms with Gasteiger partial charge in [-0.3, -0.25) is 9.89 Å². The van der Waals surface area contributed by atoms with E-state index in [1.807, 2.05) is 18.3 Å². The van der Waals surface area contributed by atoms with Crippen LogP contribution in [0.15, 0.2) is 46.8 Å². The van der Waals surface area contributed by atoms with Crippen molar-refractivity contribution in [3.8, 4) is 0 Å². The zero-order chi connectivity index (χ0) is 20.6. The Kier molecular flexibility index (Phi) is 8.03. The molecule has 2 heterocycles. The molecule has 3 atom stereocenters. The first-order valence-corrected chi connectivity index (χ1v) is 11.2. The molecule has 1 aliphatic rings. The number of aliphatic hydroxyl groups is 1. The molecular formula is C22H31FN4OS. The molecule has 0 aliphatic carbocycles. The summed E-state index contributed by atoms with van der Waals surface area (Å²) in [5.74, 6) is 0.891. The van der Waals surface area contributed by atoms with Gasteiger partial charge in [-0.15, -0.1) is 11.3 Å². The van der Waals surface area contributed by atoms with Gasteiger partial charge >= 0.3 is 0 Å². The fraction of sp³-hybridized carbons (Fsp3) is 0.500. The first-order chi connectivity index (χ1) is 14.1. The Hall–Kier alpha value is -1.96. The molecule has 3 rings (SSSR count). The van der Waals surface area contributed by atoms with Gasteiger partial charge in [0, 0.05) is 24.0 Å². The summed E-state index contributed by atoms with van der Waals surface area (Å²) >= 11 is 1.82. The molecule has 2 aromatic rings. The lowest BCUT2D eigenvalue weighted by molar-refractivity contribution is 0.125. The van der Waals surface area contributed by atoms with Crippen molar-refractivity contribution in [2.75, 3.05) is 33.2 Å². The number of nitrogens with zero attached hydrogens (tertiary/aromatic N) is 2. The van der Waals surface area contributed by atoms with Crippen molar-refractivity contribution in [3.63, 3.8) is 0 Å².